The predicted octanol–water partition coefficient (Wildman–Crippen LogP) is 3.06. The highest BCUT2D eigenvalue weighted by molar-refractivity contribution is 9.10. The molecule has 0 amide bonds. The third kappa shape index (κ3) is 2.67. The van der Waals surface area contributed by atoms with E-state index in [1.54, 1.807) is 18.0 Å². The fourth-order valence-electron chi connectivity index (χ4n) is 2.06. The lowest BCUT2D eigenvalue weighted by molar-refractivity contribution is 0.206. The number of aliphatic hydroxyl groups is 1. The molecule has 102 valence electrons. The van der Waals surface area contributed by atoms with Gasteiger partial charge in [-0.1, -0.05) is 12.1 Å². The number of halogens is 1. The number of methoxy groups -OCH3 is 1. The van der Waals surface area contributed by atoms with Crippen LogP contribution in [0.1, 0.15) is 29.8 Å². The second-order valence-electron chi connectivity index (χ2n) is 4.33. The molecule has 0 aliphatic carbocycles. The van der Waals surface area contributed by atoms with Crippen LogP contribution in [0.2, 0.25) is 0 Å². The van der Waals surface area contributed by atoms with Crippen LogP contribution in [-0.2, 0) is 6.54 Å². The van der Waals surface area contributed by atoms with E-state index < -0.39 is 6.10 Å². The summed E-state index contributed by atoms with van der Waals surface area (Å²) in [4.78, 5) is 0. The molecular formula is C14H17BrN2O2. The SMILES string of the molecule is CCn1ncc(Br)c1C(O)c1ccc(C)c(OC)c1. The first-order chi connectivity index (χ1) is 9.08. The molecule has 0 radical (unpaired) electrons. The van der Waals surface area contributed by atoms with E-state index in [-0.39, 0.29) is 0 Å². The lowest BCUT2D eigenvalue weighted by atomic mass is 10.0. The Morgan fingerprint density at radius 1 is 1.47 bits per heavy atom. The average Bonchev–Trinajstić information content (AvgIpc) is 2.79. The maximum absolute atomic E-state index is 10.5. The Morgan fingerprint density at radius 3 is 2.84 bits per heavy atom. The van der Waals surface area contributed by atoms with Crippen molar-refractivity contribution in [2.45, 2.75) is 26.5 Å². The van der Waals surface area contributed by atoms with Crippen molar-refractivity contribution in [1.82, 2.24) is 9.78 Å². The number of ether oxygens (including phenoxy) is 1. The van der Waals surface area contributed by atoms with Crippen molar-refractivity contribution < 1.29 is 9.84 Å². The molecule has 1 aromatic carbocycles. The van der Waals surface area contributed by atoms with Crippen molar-refractivity contribution in [3.05, 3.63) is 45.7 Å². The van der Waals surface area contributed by atoms with Gasteiger partial charge in [-0.3, -0.25) is 4.68 Å². The van der Waals surface area contributed by atoms with Gasteiger partial charge in [0.2, 0.25) is 0 Å². The van der Waals surface area contributed by atoms with E-state index in [0.29, 0.717) is 6.54 Å². The first kappa shape index (κ1) is 14.1. The molecule has 0 saturated heterocycles. The summed E-state index contributed by atoms with van der Waals surface area (Å²) in [5, 5.41) is 14.8. The fraction of sp³-hybridized carbons (Fsp3) is 0.357. The summed E-state index contributed by atoms with van der Waals surface area (Å²) in [6.07, 6.45) is 0.972. The minimum atomic E-state index is -0.730. The van der Waals surface area contributed by atoms with E-state index in [1.807, 2.05) is 32.0 Å². The summed E-state index contributed by atoms with van der Waals surface area (Å²) in [6.45, 7) is 4.67. The predicted molar refractivity (Wildman–Crippen MR) is 77.4 cm³/mol. The molecule has 4 nitrogen and oxygen atoms in total. The van der Waals surface area contributed by atoms with E-state index >= 15 is 0 Å². The van der Waals surface area contributed by atoms with Crippen molar-refractivity contribution in [3.63, 3.8) is 0 Å². The van der Waals surface area contributed by atoms with Gasteiger partial charge < -0.3 is 9.84 Å². The molecule has 2 aromatic rings. The molecule has 5 heteroatoms. The van der Waals surface area contributed by atoms with Crippen LogP contribution < -0.4 is 4.74 Å². The first-order valence-corrected chi connectivity index (χ1v) is 6.91. The lowest BCUT2D eigenvalue weighted by Gasteiger charge is -2.15. The van der Waals surface area contributed by atoms with Gasteiger partial charge in [-0.05, 0) is 47.0 Å². The fourth-order valence-corrected chi connectivity index (χ4v) is 2.57. The van der Waals surface area contributed by atoms with E-state index in [0.717, 1.165) is 27.0 Å². The van der Waals surface area contributed by atoms with Crippen LogP contribution in [0.4, 0.5) is 0 Å². The standard InChI is InChI=1S/C14H17BrN2O2/c1-4-17-13(11(15)8-16-17)14(18)10-6-5-9(2)12(7-10)19-3/h5-8,14,18H,4H2,1-3H3. The number of aryl methyl sites for hydroxylation is 2. The summed E-state index contributed by atoms with van der Waals surface area (Å²) in [5.41, 5.74) is 2.59. The van der Waals surface area contributed by atoms with Gasteiger partial charge >= 0.3 is 0 Å². The molecular weight excluding hydrogens is 308 g/mol. The molecule has 0 fully saturated rings. The largest absolute Gasteiger partial charge is 0.496 e. The highest BCUT2D eigenvalue weighted by Crippen LogP contribution is 2.31. The van der Waals surface area contributed by atoms with Crippen molar-refractivity contribution in [2.24, 2.45) is 0 Å². The Morgan fingerprint density at radius 2 is 2.21 bits per heavy atom. The van der Waals surface area contributed by atoms with Gasteiger partial charge in [0, 0.05) is 6.54 Å². The number of benzene rings is 1. The number of nitrogens with zero attached hydrogens (tertiary/aromatic N) is 2. The Bertz CT molecular complexity index is 581. The first-order valence-electron chi connectivity index (χ1n) is 6.12. The second kappa shape index (κ2) is 5.75. The van der Waals surface area contributed by atoms with E-state index in [2.05, 4.69) is 21.0 Å². The summed E-state index contributed by atoms with van der Waals surface area (Å²) in [5.74, 6) is 0.773. The molecule has 0 bridgehead atoms. The molecule has 0 spiro atoms. The summed E-state index contributed by atoms with van der Waals surface area (Å²) >= 11 is 3.43. The average molecular weight is 325 g/mol. The number of hydrogen-bond acceptors (Lipinski definition) is 3. The summed E-state index contributed by atoms with van der Waals surface area (Å²) in [6, 6.07) is 5.71. The lowest BCUT2D eigenvalue weighted by Crippen LogP contribution is -2.10. The zero-order valence-corrected chi connectivity index (χ0v) is 12.8. The number of aromatic nitrogens is 2. The molecule has 1 heterocycles. The van der Waals surface area contributed by atoms with Crippen LogP contribution in [0.3, 0.4) is 0 Å². The molecule has 1 atom stereocenters. The monoisotopic (exact) mass is 324 g/mol. The molecule has 1 aromatic heterocycles. The van der Waals surface area contributed by atoms with Gasteiger partial charge in [0.15, 0.2) is 0 Å². The Kier molecular flexibility index (Phi) is 4.27. The highest BCUT2D eigenvalue weighted by atomic mass is 79.9. The van der Waals surface area contributed by atoms with Gasteiger partial charge in [-0.2, -0.15) is 5.10 Å². The van der Waals surface area contributed by atoms with Crippen LogP contribution in [0.5, 0.6) is 5.75 Å². The van der Waals surface area contributed by atoms with E-state index in [4.69, 9.17) is 4.74 Å². The topological polar surface area (TPSA) is 47.3 Å². The van der Waals surface area contributed by atoms with Crippen molar-refractivity contribution in [2.75, 3.05) is 7.11 Å². The molecule has 0 saturated carbocycles. The Hall–Kier alpha value is -1.33. The molecule has 1 N–H and O–H groups in total. The summed E-state index contributed by atoms with van der Waals surface area (Å²) < 4.78 is 7.88. The van der Waals surface area contributed by atoms with Crippen molar-refractivity contribution in [3.8, 4) is 5.75 Å². The third-order valence-corrected chi connectivity index (χ3v) is 3.75. The Labute approximate surface area is 121 Å². The normalized spacial score (nSPS) is 12.5. The molecule has 19 heavy (non-hydrogen) atoms. The van der Waals surface area contributed by atoms with Gasteiger partial charge in [0.25, 0.3) is 0 Å². The number of aliphatic hydroxyl groups excluding tert-OH is 1. The van der Waals surface area contributed by atoms with E-state index in [9.17, 15) is 5.11 Å². The zero-order chi connectivity index (χ0) is 14.0. The van der Waals surface area contributed by atoms with Gasteiger partial charge in [-0.15, -0.1) is 0 Å². The molecule has 1 unspecified atom stereocenters. The molecule has 0 aliphatic rings. The maximum atomic E-state index is 10.5. The molecule has 2 rings (SSSR count). The maximum Gasteiger partial charge on any atom is 0.122 e. The summed E-state index contributed by atoms with van der Waals surface area (Å²) in [7, 11) is 1.63. The highest BCUT2D eigenvalue weighted by Gasteiger charge is 2.19. The van der Waals surface area contributed by atoms with Gasteiger partial charge in [-0.25, -0.2) is 0 Å². The second-order valence-corrected chi connectivity index (χ2v) is 5.18. The van der Waals surface area contributed by atoms with Crippen molar-refractivity contribution in [1.29, 1.82) is 0 Å². The quantitative estimate of drug-likeness (QED) is 0.940. The van der Waals surface area contributed by atoms with Crippen LogP contribution >= 0.6 is 15.9 Å². The zero-order valence-electron chi connectivity index (χ0n) is 11.2. The van der Waals surface area contributed by atoms with Crippen LogP contribution in [-0.4, -0.2) is 22.0 Å². The smallest absolute Gasteiger partial charge is 0.122 e. The van der Waals surface area contributed by atoms with E-state index in [1.165, 1.54) is 0 Å². The van der Waals surface area contributed by atoms with Crippen LogP contribution in [0, 0.1) is 6.92 Å². The van der Waals surface area contributed by atoms with Crippen molar-refractivity contribution >= 4 is 15.9 Å². The number of hydrogen-bond donors (Lipinski definition) is 1. The Balaban J connectivity index is 2.43. The van der Waals surface area contributed by atoms with Crippen LogP contribution in [0.15, 0.2) is 28.9 Å². The number of rotatable bonds is 4. The van der Waals surface area contributed by atoms with Gasteiger partial charge in [0.05, 0.1) is 23.5 Å². The minimum Gasteiger partial charge on any atom is -0.496 e. The van der Waals surface area contributed by atoms with Crippen LogP contribution in [0.25, 0.3) is 0 Å². The third-order valence-electron chi connectivity index (χ3n) is 3.14. The minimum absolute atomic E-state index is 0.709. The van der Waals surface area contributed by atoms with Gasteiger partial charge in [0.1, 0.15) is 11.9 Å². The molecule has 0 aliphatic heterocycles.